The minimum Gasteiger partial charge on any atom is -0.481 e. The van der Waals surface area contributed by atoms with Gasteiger partial charge < -0.3 is 10.8 Å². The summed E-state index contributed by atoms with van der Waals surface area (Å²) in [6.45, 7) is 0. The molecule has 0 bridgehead atoms. The van der Waals surface area contributed by atoms with Gasteiger partial charge >= 0.3 is 5.97 Å². The molecule has 0 saturated heterocycles. The molecule has 0 unspecified atom stereocenters. The molecule has 1 aromatic heterocycles. The normalized spacial score (nSPS) is 10.7. The van der Waals surface area contributed by atoms with Gasteiger partial charge in [0.15, 0.2) is 0 Å². The first-order chi connectivity index (χ1) is 6.91. The van der Waals surface area contributed by atoms with E-state index in [1.807, 2.05) is 0 Å². The molecule has 0 saturated carbocycles. The van der Waals surface area contributed by atoms with E-state index in [4.69, 9.17) is 10.8 Å². The van der Waals surface area contributed by atoms with Crippen LogP contribution in [0.4, 0.5) is 14.6 Å². The molecule has 0 radical (unpaired) electrons. The second-order valence-electron chi connectivity index (χ2n) is 2.77. The van der Waals surface area contributed by atoms with Gasteiger partial charge in [-0.05, 0) is 22.0 Å². The van der Waals surface area contributed by atoms with Gasteiger partial charge in [-0.15, -0.1) is 0 Å². The molecule has 82 valence electrons. The van der Waals surface area contributed by atoms with Gasteiger partial charge in [-0.2, -0.15) is 0 Å². The minimum atomic E-state index is -2.72. The van der Waals surface area contributed by atoms with Gasteiger partial charge in [-0.1, -0.05) is 0 Å². The topological polar surface area (TPSA) is 76.2 Å². The number of carbonyl (C=O) groups is 1. The third kappa shape index (κ3) is 2.85. The molecule has 1 heterocycles. The van der Waals surface area contributed by atoms with Crippen molar-refractivity contribution in [3.05, 3.63) is 21.8 Å². The maximum Gasteiger partial charge on any atom is 0.309 e. The van der Waals surface area contributed by atoms with E-state index < -0.39 is 18.8 Å². The van der Waals surface area contributed by atoms with E-state index in [1.165, 1.54) is 0 Å². The molecule has 4 nitrogen and oxygen atoms in total. The summed E-state index contributed by atoms with van der Waals surface area (Å²) in [5.74, 6) is -1.28. The molecular formula is C8H7BrF2N2O2. The molecule has 0 aromatic carbocycles. The second-order valence-corrected chi connectivity index (χ2v) is 3.57. The molecule has 0 spiro atoms. The van der Waals surface area contributed by atoms with Crippen molar-refractivity contribution in [3.63, 3.8) is 0 Å². The molecule has 0 aliphatic carbocycles. The summed E-state index contributed by atoms with van der Waals surface area (Å²) in [6.07, 6.45) is -3.16. The summed E-state index contributed by atoms with van der Waals surface area (Å²) in [5, 5.41) is 8.48. The number of carboxylic acid groups (broad SMARTS) is 1. The lowest BCUT2D eigenvalue weighted by Gasteiger charge is -2.07. The van der Waals surface area contributed by atoms with Gasteiger partial charge in [0.25, 0.3) is 6.43 Å². The number of nitrogen functional groups attached to an aromatic ring is 1. The second kappa shape index (κ2) is 4.52. The summed E-state index contributed by atoms with van der Waals surface area (Å²) in [4.78, 5) is 14.0. The first-order valence-electron chi connectivity index (χ1n) is 3.86. The van der Waals surface area contributed by atoms with E-state index in [2.05, 4.69) is 20.9 Å². The van der Waals surface area contributed by atoms with E-state index >= 15 is 0 Å². The van der Waals surface area contributed by atoms with Crippen LogP contribution in [0.5, 0.6) is 0 Å². The van der Waals surface area contributed by atoms with Crippen LogP contribution in [0, 0.1) is 0 Å². The van der Waals surface area contributed by atoms with Crippen molar-refractivity contribution in [2.24, 2.45) is 0 Å². The first-order valence-corrected chi connectivity index (χ1v) is 4.66. The Labute approximate surface area is 92.2 Å². The zero-order chi connectivity index (χ0) is 11.6. The number of carboxylic acids is 1. The molecule has 7 heteroatoms. The Morgan fingerprint density at radius 3 is 2.73 bits per heavy atom. The molecule has 1 rings (SSSR count). The van der Waals surface area contributed by atoms with Crippen LogP contribution in [-0.4, -0.2) is 16.1 Å². The fourth-order valence-corrected chi connectivity index (χ4v) is 1.41. The number of alkyl halides is 2. The number of rotatable bonds is 3. The van der Waals surface area contributed by atoms with Crippen molar-refractivity contribution in [3.8, 4) is 0 Å². The van der Waals surface area contributed by atoms with Crippen LogP contribution < -0.4 is 5.73 Å². The van der Waals surface area contributed by atoms with E-state index in [0.717, 1.165) is 6.07 Å². The number of hydrogen-bond acceptors (Lipinski definition) is 3. The molecule has 15 heavy (non-hydrogen) atoms. The van der Waals surface area contributed by atoms with Crippen molar-refractivity contribution in [2.45, 2.75) is 12.8 Å². The van der Waals surface area contributed by atoms with Crippen molar-refractivity contribution < 1.29 is 18.7 Å². The highest BCUT2D eigenvalue weighted by atomic mass is 79.9. The quantitative estimate of drug-likeness (QED) is 0.888. The number of aliphatic carboxylic acids is 1. The highest BCUT2D eigenvalue weighted by Crippen LogP contribution is 2.31. The van der Waals surface area contributed by atoms with E-state index in [-0.39, 0.29) is 21.5 Å². The van der Waals surface area contributed by atoms with Crippen molar-refractivity contribution in [1.82, 2.24) is 4.98 Å². The van der Waals surface area contributed by atoms with Crippen molar-refractivity contribution in [1.29, 1.82) is 0 Å². The fraction of sp³-hybridized carbons (Fsp3) is 0.250. The highest BCUT2D eigenvalue weighted by molar-refractivity contribution is 9.10. The monoisotopic (exact) mass is 280 g/mol. The molecule has 1 aromatic rings. The van der Waals surface area contributed by atoms with Crippen LogP contribution in [0.25, 0.3) is 0 Å². The molecule has 0 aliphatic heterocycles. The van der Waals surface area contributed by atoms with E-state index in [1.54, 1.807) is 0 Å². The molecular weight excluding hydrogens is 274 g/mol. The van der Waals surface area contributed by atoms with E-state index in [0.29, 0.717) is 0 Å². The van der Waals surface area contributed by atoms with Crippen LogP contribution in [0.1, 0.15) is 17.7 Å². The SMILES string of the molecule is Nc1nc(CC(=O)O)cc(C(F)F)c1Br. The minimum absolute atomic E-state index is 0.00615. The Kier molecular flexibility index (Phi) is 3.57. The van der Waals surface area contributed by atoms with Gasteiger partial charge in [-0.3, -0.25) is 4.79 Å². The maximum absolute atomic E-state index is 12.5. The van der Waals surface area contributed by atoms with Gasteiger partial charge in [-0.25, -0.2) is 13.8 Å². The Balaban J connectivity index is 3.17. The Hall–Kier alpha value is -1.24. The Bertz CT molecular complexity index is 398. The maximum atomic E-state index is 12.5. The third-order valence-electron chi connectivity index (χ3n) is 1.63. The van der Waals surface area contributed by atoms with Crippen LogP contribution in [0.15, 0.2) is 10.5 Å². The largest absolute Gasteiger partial charge is 0.481 e. The summed E-state index contributed by atoms with van der Waals surface area (Å²) in [7, 11) is 0. The number of hydrogen-bond donors (Lipinski definition) is 2. The van der Waals surface area contributed by atoms with Gasteiger partial charge in [0.05, 0.1) is 16.6 Å². The average Bonchev–Trinajstić information content (AvgIpc) is 2.09. The summed E-state index contributed by atoms with van der Waals surface area (Å²) < 4.78 is 24.9. The number of nitrogens with two attached hydrogens (primary N) is 1. The fourth-order valence-electron chi connectivity index (χ4n) is 1.03. The zero-order valence-corrected chi connectivity index (χ0v) is 8.96. The molecule has 3 N–H and O–H groups in total. The lowest BCUT2D eigenvalue weighted by molar-refractivity contribution is -0.136. The van der Waals surface area contributed by atoms with Gasteiger partial charge in [0.1, 0.15) is 5.82 Å². The van der Waals surface area contributed by atoms with Crippen LogP contribution in [0.2, 0.25) is 0 Å². The lowest BCUT2D eigenvalue weighted by atomic mass is 10.2. The van der Waals surface area contributed by atoms with Crippen molar-refractivity contribution in [2.75, 3.05) is 5.73 Å². The van der Waals surface area contributed by atoms with E-state index in [9.17, 15) is 13.6 Å². The Morgan fingerprint density at radius 1 is 1.67 bits per heavy atom. The zero-order valence-electron chi connectivity index (χ0n) is 7.38. The molecule has 0 fully saturated rings. The van der Waals surface area contributed by atoms with Crippen molar-refractivity contribution >= 4 is 27.7 Å². The van der Waals surface area contributed by atoms with Crippen LogP contribution >= 0.6 is 15.9 Å². The average molecular weight is 281 g/mol. The number of nitrogens with zero attached hydrogens (tertiary/aromatic N) is 1. The summed E-state index contributed by atoms with van der Waals surface area (Å²) in [5.41, 5.74) is 5.01. The summed E-state index contributed by atoms with van der Waals surface area (Å²) in [6, 6.07) is 1.03. The van der Waals surface area contributed by atoms with Crippen LogP contribution in [-0.2, 0) is 11.2 Å². The highest BCUT2D eigenvalue weighted by Gasteiger charge is 2.17. The molecule has 0 amide bonds. The lowest BCUT2D eigenvalue weighted by Crippen LogP contribution is -2.06. The number of aromatic nitrogens is 1. The number of pyridine rings is 1. The van der Waals surface area contributed by atoms with Gasteiger partial charge in [0, 0.05) is 5.56 Å². The smallest absolute Gasteiger partial charge is 0.309 e. The van der Waals surface area contributed by atoms with Crippen LogP contribution in [0.3, 0.4) is 0 Å². The predicted molar refractivity (Wildman–Crippen MR) is 52.6 cm³/mol. The third-order valence-corrected chi connectivity index (χ3v) is 2.50. The number of anilines is 1. The van der Waals surface area contributed by atoms with Gasteiger partial charge in [0.2, 0.25) is 0 Å². The Morgan fingerprint density at radius 2 is 2.27 bits per heavy atom. The molecule has 0 aliphatic rings. The predicted octanol–water partition coefficient (Wildman–Crippen LogP) is 1.99. The number of halogens is 3. The summed E-state index contributed by atoms with van der Waals surface area (Å²) >= 11 is 2.87. The first kappa shape index (κ1) is 11.8. The molecule has 0 atom stereocenters. The standard InChI is InChI=1S/C8H7BrF2N2O2/c9-6-4(7(10)11)1-3(2-5(14)15)13-8(6)12/h1,7H,2H2,(H2,12,13)(H,14,15).